The number of hydrogen-bond acceptors (Lipinski definition) is 6. The van der Waals surface area contributed by atoms with Crippen molar-refractivity contribution >= 4 is 39.1 Å². The Labute approximate surface area is 115 Å². The van der Waals surface area contributed by atoms with Gasteiger partial charge >= 0.3 is 0 Å². The van der Waals surface area contributed by atoms with Crippen LogP contribution in [0.25, 0.3) is 0 Å². The molecule has 0 unspecified atom stereocenters. The van der Waals surface area contributed by atoms with Crippen molar-refractivity contribution in [2.75, 3.05) is 12.4 Å². The monoisotopic (exact) mass is 363 g/mol. The average Bonchev–Trinajstić information content (AvgIpc) is 2.78. The Morgan fingerprint density at radius 3 is 2.94 bits per heavy atom. The lowest BCUT2D eigenvalue weighted by atomic mass is 10.4. The lowest BCUT2D eigenvalue weighted by Crippen LogP contribution is -2.24. The standard InChI is InChI=1S/C9H10IN5OS/c1-5-7(10)8(16)15(4-12-5)3-6-13-14-9(11-2)17-6/h4H,3H2,1-2H3,(H,11,14). The van der Waals surface area contributed by atoms with Gasteiger partial charge in [0, 0.05) is 7.05 Å². The molecule has 2 heterocycles. The number of hydrogen-bond donors (Lipinski definition) is 1. The first-order chi connectivity index (χ1) is 8.11. The first-order valence-corrected chi connectivity index (χ1v) is 6.73. The molecular formula is C9H10IN5OS. The molecule has 2 aromatic heterocycles. The molecule has 0 aliphatic rings. The van der Waals surface area contributed by atoms with Crippen molar-refractivity contribution < 1.29 is 0 Å². The Hall–Kier alpha value is -1.03. The van der Waals surface area contributed by atoms with Gasteiger partial charge in [-0.15, -0.1) is 10.2 Å². The zero-order valence-corrected chi connectivity index (χ0v) is 12.2. The topological polar surface area (TPSA) is 72.7 Å². The van der Waals surface area contributed by atoms with Crippen LogP contribution < -0.4 is 10.9 Å². The van der Waals surface area contributed by atoms with E-state index in [-0.39, 0.29) is 5.56 Å². The molecule has 2 rings (SSSR count). The molecule has 0 fully saturated rings. The number of nitrogens with one attached hydrogen (secondary N) is 1. The molecule has 17 heavy (non-hydrogen) atoms. The van der Waals surface area contributed by atoms with Crippen molar-refractivity contribution in [1.82, 2.24) is 19.7 Å². The molecule has 0 bridgehead atoms. The van der Waals surface area contributed by atoms with E-state index in [2.05, 4.69) is 20.5 Å². The van der Waals surface area contributed by atoms with Gasteiger partial charge in [0.05, 0.1) is 22.1 Å². The van der Waals surface area contributed by atoms with E-state index in [1.165, 1.54) is 15.9 Å². The zero-order valence-electron chi connectivity index (χ0n) is 9.27. The SMILES string of the molecule is CNc1nnc(Cn2cnc(C)c(I)c2=O)s1. The molecule has 0 amide bonds. The summed E-state index contributed by atoms with van der Waals surface area (Å²) in [6, 6.07) is 0. The van der Waals surface area contributed by atoms with Crippen molar-refractivity contribution in [1.29, 1.82) is 0 Å². The minimum Gasteiger partial charge on any atom is -0.363 e. The van der Waals surface area contributed by atoms with Crippen LogP contribution in [0.3, 0.4) is 0 Å². The predicted molar refractivity (Wildman–Crippen MR) is 74.5 cm³/mol. The summed E-state index contributed by atoms with van der Waals surface area (Å²) in [7, 11) is 1.78. The molecule has 6 nitrogen and oxygen atoms in total. The van der Waals surface area contributed by atoms with Crippen molar-refractivity contribution in [2.24, 2.45) is 0 Å². The highest BCUT2D eigenvalue weighted by Crippen LogP contribution is 2.14. The molecule has 90 valence electrons. The van der Waals surface area contributed by atoms with Crippen LogP contribution >= 0.6 is 33.9 Å². The predicted octanol–water partition coefficient (Wildman–Crippen LogP) is 1.10. The third-order valence-corrected chi connectivity index (χ3v) is 4.31. The molecular weight excluding hydrogens is 353 g/mol. The number of nitrogens with zero attached hydrogens (tertiary/aromatic N) is 4. The van der Waals surface area contributed by atoms with E-state index >= 15 is 0 Å². The van der Waals surface area contributed by atoms with Gasteiger partial charge < -0.3 is 5.32 Å². The maximum Gasteiger partial charge on any atom is 0.267 e. The van der Waals surface area contributed by atoms with Gasteiger partial charge in [-0.3, -0.25) is 9.36 Å². The third kappa shape index (κ3) is 2.63. The smallest absolute Gasteiger partial charge is 0.267 e. The summed E-state index contributed by atoms with van der Waals surface area (Å²) in [6.07, 6.45) is 1.54. The lowest BCUT2D eigenvalue weighted by molar-refractivity contribution is 0.712. The summed E-state index contributed by atoms with van der Waals surface area (Å²) >= 11 is 3.43. The van der Waals surface area contributed by atoms with Crippen molar-refractivity contribution in [3.63, 3.8) is 0 Å². The maximum absolute atomic E-state index is 11.9. The summed E-state index contributed by atoms with van der Waals surface area (Å²) in [4.78, 5) is 16.1. The molecule has 8 heteroatoms. The van der Waals surface area contributed by atoms with Crippen LogP contribution in [0.2, 0.25) is 0 Å². The van der Waals surface area contributed by atoms with Gasteiger partial charge in [0.2, 0.25) is 5.13 Å². The molecule has 0 spiro atoms. The number of rotatable bonds is 3. The van der Waals surface area contributed by atoms with Crippen LogP contribution in [-0.4, -0.2) is 26.8 Å². The highest BCUT2D eigenvalue weighted by Gasteiger charge is 2.08. The van der Waals surface area contributed by atoms with E-state index in [0.29, 0.717) is 10.1 Å². The summed E-state index contributed by atoms with van der Waals surface area (Å²) < 4.78 is 2.18. The first-order valence-electron chi connectivity index (χ1n) is 4.83. The second-order valence-electron chi connectivity index (χ2n) is 3.33. The second kappa shape index (κ2) is 5.08. The Morgan fingerprint density at radius 2 is 2.29 bits per heavy atom. The van der Waals surface area contributed by atoms with Crippen LogP contribution in [0.15, 0.2) is 11.1 Å². The molecule has 0 aliphatic heterocycles. The Balaban J connectivity index is 2.30. The van der Waals surface area contributed by atoms with Gasteiger partial charge in [-0.1, -0.05) is 11.3 Å². The van der Waals surface area contributed by atoms with Gasteiger partial charge in [0.25, 0.3) is 5.56 Å². The van der Waals surface area contributed by atoms with Gasteiger partial charge in [0.1, 0.15) is 5.01 Å². The molecule has 0 aromatic carbocycles. The van der Waals surface area contributed by atoms with E-state index < -0.39 is 0 Å². The maximum atomic E-state index is 11.9. The van der Waals surface area contributed by atoms with E-state index in [4.69, 9.17) is 0 Å². The molecule has 0 saturated carbocycles. The molecule has 0 atom stereocenters. The number of anilines is 1. The van der Waals surface area contributed by atoms with Crippen molar-refractivity contribution in [3.8, 4) is 0 Å². The summed E-state index contributed by atoms with van der Waals surface area (Å²) in [5, 5.41) is 12.3. The zero-order chi connectivity index (χ0) is 12.4. The minimum atomic E-state index is -0.0423. The van der Waals surface area contributed by atoms with E-state index in [1.807, 2.05) is 29.5 Å². The van der Waals surface area contributed by atoms with E-state index in [9.17, 15) is 4.79 Å². The minimum absolute atomic E-state index is 0.0423. The number of aryl methyl sites for hydroxylation is 1. The average molecular weight is 363 g/mol. The summed E-state index contributed by atoms with van der Waals surface area (Å²) in [5.74, 6) is 0. The van der Waals surface area contributed by atoms with Gasteiger partial charge in [-0.05, 0) is 29.5 Å². The molecule has 2 aromatic rings. The summed E-state index contributed by atoms with van der Waals surface area (Å²) in [5.41, 5.74) is 0.708. The second-order valence-corrected chi connectivity index (χ2v) is 5.47. The fraction of sp³-hybridized carbons (Fsp3) is 0.333. The van der Waals surface area contributed by atoms with E-state index in [0.717, 1.165) is 15.8 Å². The van der Waals surface area contributed by atoms with Crippen LogP contribution in [0.4, 0.5) is 5.13 Å². The summed E-state index contributed by atoms with van der Waals surface area (Å²) in [6.45, 7) is 2.22. The number of aromatic nitrogens is 4. The fourth-order valence-corrected chi connectivity index (χ4v) is 2.36. The highest BCUT2D eigenvalue weighted by molar-refractivity contribution is 14.1. The van der Waals surface area contributed by atoms with Crippen LogP contribution in [0, 0.1) is 10.5 Å². The highest BCUT2D eigenvalue weighted by atomic mass is 127. The molecule has 0 radical (unpaired) electrons. The third-order valence-electron chi connectivity index (χ3n) is 2.14. The lowest BCUT2D eigenvalue weighted by Gasteiger charge is -2.03. The Kier molecular flexibility index (Phi) is 3.72. The van der Waals surface area contributed by atoms with E-state index in [1.54, 1.807) is 13.4 Å². The molecule has 1 N–H and O–H groups in total. The van der Waals surface area contributed by atoms with Crippen LogP contribution in [0.5, 0.6) is 0 Å². The number of halogens is 1. The van der Waals surface area contributed by atoms with Crippen LogP contribution in [0.1, 0.15) is 10.7 Å². The van der Waals surface area contributed by atoms with Crippen molar-refractivity contribution in [2.45, 2.75) is 13.5 Å². The fourth-order valence-electron chi connectivity index (χ4n) is 1.22. The van der Waals surface area contributed by atoms with Gasteiger partial charge in [-0.25, -0.2) is 4.98 Å². The quantitative estimate of drug-likeness (QED) is 0.827. The first kappa shape index (κ1) is 12.4. The van der Waals surface area contributed by atoms with Crippen molar-refractivity contribution in [3.05, 3.63) is 31.0 Å². The van der Waals surface area contributed by atoms with Gasteiger partial charge in [0.15, 0.2) is 0 Å². The molecule has 0 saturated heterocycles. The van der Waals surface area contributed by atoms with Crippen LogP contribution in [-0.2, 0) is 6.54 Å². The molecule has 0 aliphatic carbocycles. The van der Waals surface area contributed by atoms with Gasteiger partial charge in [-0.2, -0.15) is 0 Å². The largest absolute Gasteiger partial charge is 0.363 e. The Bertz CT molecular complexity index is 593. The normalized spacial score (nSPS) is 10.5. The Morgan fingerprint density at radius 1 is 1.53 bits per heavy atom.